The second-order valence-corrected chi connectivity index (χ2v) is 9.81. The molecule has 1 aliphatic rings. The van der Waals surface area contributed by atoms with Crippen LogP contribution >= 0.6 is 0 Å². The topological polar surface area (TPSA) is 135 Å². The maximum atomic E-state index is 13.5. The minimum Gasteiger partial charge on any atom is -0.344 e. The molecule has 0 unspecified atom stereocenters. The highest BCUT2D eigenvalue weighted by molar-refractivity contribution is 5.93. The number of amides is 3. The van der Waals surface area contributed by atoms with Crippen molar-refractivity contribution in [1.82, 2.24) is 40.5 Å². The number of carbonyl (C=O) groups is 3. The first-order chi connectivity index (χ1) is 18.3. The zero-order valence-corrected chi connectivity index (χ0v) is 22.0. The van der Waals surface area contributed by atoms with E-state index in [1.807, 2.05) is 44.2 Å². The smallest absolute Gasteiger partial charge is 0.255 e. The van der Waals surface area contributed by atoms with Gasteiger partial charge in [-0.25, -0.2) is 9.67 Å². The molecule has 0 saturated carbocycles. The molecule has 11 heteroatoms. The van der Waals surface area contributed by atoms with Gasteiger partial charge in [-0.05, 0) is 30.9 Å². The third-order valence-corrected chi connectivity index (χ3v) is 6.52. The van der Waals surface area contributed by atoms with E-state index >= 15 is 0 Å². The zero-order valence-electron chi connectivity index (χ0n) is 22.0. The van der Waals surface area contributed by atoms with Gasteiger partial charge in [0, 0.05) is 25.9 Å². The summed E-state index contributed by atoms with van der Waals surface area (Å²) in [4.78, 5) is 46.0. The van der Waals surface area contributed by atoms with Gasteiger partial charge in [-0.15, -0.1) is 0 Å². The van der Waals surface area contributed by atoms with Gasteiger partial charge in [-0.3, -0.25) is 14.4 Å². The molecule has 0 bridgehead atoms. The number of nitrogens with zero attached hydrogens (tertiary/aromatic N) is 6. The third kappa shape index (κ3) is 6.78. The van der Waals surface area contributed by atoms with Gasteiger partial charge < -0.3 is 15.5 Å². The number of rotatable bonds is 4. The second kappa shape index (κ2) is 12.4. The molecule has 200 valence electrons. The lowest BCUT2D eigenvalue weighted by molar-refractivity contribution is -0.129. The SMILES string of the molecule is Cc1nc2n(n1)CCN(C(=O)c1ccnnc1)CCCC(=O)N[C@@H](Cc1ccccc1)C(=O)N[C@@H]2C(C)C. The number of hydrogen-bond donors (Lipinski definition) is 2. The number of carbonyl (C=O) groups excluding carboxylic acids is 3. The maximum Gasteiger partial charge on any atom is 0.255 e. The molecule has 0 radical (unpaired) electrons. The van der Waals surface area contributed by atoms with Crippen LogP contribution in [0.15, 0.2) is 48.8 Å². The molecule has 38 heavy (non-hydrogen) atoms. The Labute approximate surface area is 222 Å². The molecule has 1 aromatic carbocycles. The quantitative estimate of drug-likeness (QED) is 0.538. The minimum absolute atomic E-state index is 0.00270. The lowest BCUT2D eigenvalue weighted by Gasteiger charge is -2.28. The molecule has 4 rings (SSSR count). The summed E-state index contributed by atoms with van der Waals surface area (Å²) in [6.07, 6.45) is 3.89. The van der Waals surface area contributed by atoms with Crippen molar-refractivity contribution in [3.05, 3.63) is 71.6 Å². The Morgan fingerprint density at radius 1 is 1.05 bits per heavy atom. The number of aromatic nitrogens is 5. The van der Waals surface area contributed by atoms with Crippen molar-refractivity contribution in [2.24, 2.45) is 5.92 Å². The Morgan fingerprint density at radius 3 is 2.55 bits per heavy atom. The van der Waals surface area contributed by atoms with Gasteiger partial charge in [0.1, 0.15) is 17.7 Å². The molecule has 11 nitrogen and oxygen atoms in total. The van der Waals surface area contributed by atoms with Gasteiger partial charge in [0.25, 0.3) is 5.91 Å². The summed E-state index contributed by atoms with van der Waals surface area (Å²) in [5.41, 5.74) is 1.37. The fourth-order valence-electron chi connectivity index (χ4n) is 4.54. The first-order valence-corrected chi connectivity index (χ1v) is 12.9. The lowest BCUT2D eigenvalue weighted by atomic mass is 10.0. The van der Waals surface area contributed by atoms with E-state index in [9.17, 15) is 14.4 Å². The van der Waals surface area contributed by atoms with Gasteiger partial charge >= 0.3 is 0 Å². The molecule has 2 N–H and O–H groups in total. The molecule has 0 aliphatic carbocycles. The van der Waals surface area contributed by atoms with Gasteiger partial charge in [-0.2, -0.15) is 15.3 Å². The highest BCUT2D eigenvalue weighted by Gasteiger charge is 2.30. The van der Waals surface area contributed by atoms with Crippen LogP contribution in [0.5, 0.6) is 0 Å². The Balaban J connectivity index is 1.65. The highest BCUT2D eigenvalue weighted by Crippen LogP contribution is 2.21. The van der Waals surface area contributed by atoms with Gasteiger partial charge in [0.05, 0.1) is 30.5 Å². The monoisotopic (exact) mass is 518 g/mol. The van der Waals surface area contributed by atoms with Crippen molar-refractivity contribution < 1.29 is 14.4 Å². The molecule has 2 aromatic heterocycles. The first-order valence-electron chi connectivity index (χ1n) is 12.9. The van der Waals surface area contributed by atoms with Crippen LogP contribution in [0.3, 0.4) is 0 Å². The standard InChI is InChI=1S/C27H34N8O3/c1-18(2)24-25-30-19(3)33-35(25)15-14-34(27(38)21-11-12-28-29-17-21)13-7-10-23(36)31-22(26(37)32-24)16-20-8-5-4-6-9-20/h4-6,8-9,11-12,17-18,22,24H,7,10,13-16H2,1-3H3,(H,31,36)(H,32,37)/t22-,24+/m0/s1. The predicted molar refractivity (Wildman–Crippen MR) is 140 cm³/mol. The van der Waals surface area contributed by atoms with E-state index in [0.29, 0.717) is 49.7 Å². The third-order valence-electron chi connectivity index (χ3n) is 6.52. The van der Waals surface area contributed by atoms with E-state index in [1.165, 1.54) is 12.4 Å². The van der Waals surface area contributed by atoms with Crippen molar-refractivity contribution in [3.8, 4) is 0 Å². The predicted octanol–water partition coefficient (Wildman–Crippen LogP) is 1.85. The van der Waals surface area contributed by atoms with E-state index in [2.05, 4.69) is 30.9 Å². The Bertz CT molecular complexity index is 1250. The highest BCUT2D eigenvalue weighted by atomic mass is 16.2. The van der Waals surface area contributed by atoms with Gasteiger partial charge in [0.15, 0.2) is 0 Å². The average molecular weight is 519 g/mol. The van der Waals surface area contributed by atoms with E-state index in [4.69, 9.17) is 0 Å². The zero-order chi connectivity index (χ0) is 27.1. The number of hydrogen-bond acceptors (Lipinski definition) is 7. The average Bonchev–Trinajstić information content (AvgIpc) is 3.28. The van der Waals surface area contributed by atoms with Crippen LogP contribution in [-0.4, -0.2) is 66.7 Å². The Morgan fingerprint density at radius 2 is 1.84 bits per heavy atom. The van der Waals surface area contributed by atoms with Crippen LogP contribution in [0, 0.1) is 12.8 Å². The number of aryl methyl sites for hydroxylation is 1. The molecule has 0 saturated heterocycles. The van der Waals surface area contributed by atoms with E-state index in [-0.39, 0.29) is 30.1 Å². The summed E-state index contributed by atoms with van der Waals surface area (Å²) in [6, 6.07) is 10.0. The van der Waals surface area contributed by atoms with Crippen molar-refractivity contribution in [3.63, 3.8) is 0 Å². The molecule has 3 aromatic rings. The van der Waals surface area contributed by atoms with Crippen LogP contribution in [0.1, 0.15) is 60.3 Å². The van der Waals surface area contributed by atoms with Crippen molar-refractivity contribution in [1.29, 1.82) is 0 Å². The van der Waals surface area contributed by atoms with Crippen molar-refractivity contribution in [2.45, 2.75) is 58.7 Å². The summed E-state index contributed by atoms with van der Waals surface area (Å²) in [6.45, 7) is 6.91. The fourth-order valence-corrected chi connectivity index (χ4v) is 4.54. The maximum absolute atomic E-state index is 13.5. The molecule has 1 aliphatic heterocycles. The number of nitrogens with one attached hydrogen (secondary N) is 2. The Kier molecular flexibility index (Phi) is 8.77. The minimum atomic E-state index is -0.757. The summed E-state index contributed by atoms with van der Waals surface area (Å²) >= 11 is 0. The summed E-state index contributed by atoms with van der Waals surface area (Å²) in [5, 5.41) is 18.2. The van der Waals surface area contributed by atoms with E-state index in [1.54, 1.807) is 22.6 Å². The number of benzene rings is 1. The van der Waals surface area contributed by atoms with Crippen LogP contribution in [0.25, 0.3) is 0 Å². The van der Waals surface area contributed by atoms with Crippen LogP contribution in [-0.2, 0) is 22.6 Å². The second-order valence-electron chi connectivity index (χ2n) is 9.81. The van der Waals surface area contributed by atoms with Gasteiger partial charge in [0.2, 0.25) is 11.8 Å². The fraction of sp³-hybridized carbons (Fsp3) is 0.444. The largest absolute Gasteiger partial charge is 0.344 e. The van der Waals surface area contributed by atoms with Crippen LogP contribution in [0.2, 0.25) is 0 Å². The van der Waals surface area contributed by atoms with Crippen LogP contribution < -0.4 is 10.6 Å². The molecular weight excluding hydrogens is 484 g/mol. The first kappa shape index (κ1) is 26.9. The van der Waals surface area contributed by atoms with Crippen molar-refractivity contribution in [2.75, 3.05) is 13.1 Å². The van der Waals surface area contributed by atoms with Gasteiger partial charge in [-0.1, -0.05) is 44.2 Å². The number of fused-ring (bicyclic) bond motifs is 1. The van der Waals surface area contributed by atoms with E-state index in [0.717, 1.165) is 5.56 Å². The lowest BCUT2D eigenvalue weighted by Crippen LogP contribution is -2.50. The van der Waals surface area contributed by atoms with Crippen LogP contribution in [0.4, 0.5) is 0 Å². The molecule has 3 amide bonds. The molecular formula is C27H34N8O3. The Hall–Kier alpha value is -4.15. The summed E-state index contributed by atoms with van der Waals surface area (Å²) in [5.74, 6) is 0.494. The normalized spacial score (nSPS) is 19.3. The van der Waals surface area contributed by atoms with Crippen molar-refractivity contribution >= 4 is 17.7 Å². The summed E-state index contributed by atoms with van der Waals surface area (Å²) in [7, 11) is 0. The van der Waals surface area contributed by atoms with E-state index < -0.39 is 12.1 Å². The molecule has 0 spiro atoms. The molecule has 3 heterocycles. The molecule has 2 atom stereocenters. The summed E-state index contributed by atoms with van der Waals surface area (Å²) < 4.78 is 1.77. The molecule has 0 fully saturated rings.